The summed E-state index contributed by atoms with van der Waals surface area (Å²) in [5, 5.41) is 11.6. The van der Waals surface area contributed by atoms with E-state index in [1.807, 2.05) is 42.5 Å². The number of benzene rings is 2. The standard InChI is InChI=1S/C24H27N3O5S/c1-15(2)22(16-9-10-19-20(13-16)31-12-6-11-30-19)25-21(28)14-33-24-27-26-23(32-24)17-7-4-5-8-18(17)29-3/h4-5,7-10,13,15,22H,6,11-12,14H2,1-3H3,(H,25,28)/t22-/m0/s1. The fourth-order valence-corrected chi connectivity index (χ4v) is 4.12. The molecule has 1 atom stereocenters. The van der Waals surface area contributed by atoms with Crippen molar-refractivity contribution < 1.29 is 23.4 Å². The normalized spacial score (nSPS) is 13.9. The highest BCUT2D eigenvalue weighted by Crippen LogP contribution is 2.34. The Balaban J connectivity index is 1.39. The molecule has 4 rings (SSSR count). The number of fused-ring (bicyclic) bond motifs is 1. The lowest BCUT2D eigenvalue weighted by atomic mass is 9.95. The molecule has 33 heavy (non-hydrogen) atoms. The van der Waals surface area contributed by atoms with Gasteiger partial charge in [0.1, 0.15) is 5.75 Å². The minimum absolute atomic E-state index is 0.122. The predicted octanol–water partition coefficient (Wildman–Crippen LogP) is 4.51. The number of rotatable bonds is 8. The first-order valence-electron chi connectivity index (χ1n) is 10.8. The van der Waals surface area contributed by atoms with Gasteiger partial charge >= 0.3 is 0 Å². The average molecular weight is 470 g/mol. The van der Waals surface area contributed by atoms with E-state index >= 15 is 0 Å². The van der Waals surface area contributed by atoms with Crippen LogP contribution in [-0.4, -0.2) is 42.2 Å². The molecule has 1 aromatic heterocycles. The number of carbonyl (C=O) groups excluding carboxylic acids is 1. The van der Waals surface area contributed by atoms with Crippen LogP contribution in [0, 0.1) is 5.92 Å². The Morgan fingerprint density at radius 3 is 2.70 bits per heavy atom. The van der Waals surface area contributed by atoms with Gasteiger partial charge in [0.25, 0.3) is 11.1 Å². The summed E-state index contributed by atoms with van der Waals surface area (Å²) in [6.45, 7) is 5.40. The van der Waals surface area contributed by atoms with Crippen LogP contribution < -0.4 is 19.5 Å². The molecule has 0 spiro atoms. The van der Waals surface area contributed by atoms with Gasteiger partial charge in [-0.15, -0.1) is 10.2 Å². The van der Waals surface area contributed by atoms with Crippen LogP contribution in [0.15, 0.2) is 52.1 Å². The quantitative estimate of drug-likeness (QED) is 0.482. The molecular formula is C24H27N3O5S. The van der Waals surface area contributed by atoms with Crippen molar-refractivity contribution in [2.24, 2.45) is 5.92 Å². The van der Waals surface area contributed by atoms with E-state index in [2.05, 4.69) is 29.4 Å². The van der Waals surface area contributed by atoms with E-state index in [-0.39, 0.29) is 23.6 Å². The molecular weight excluding hydrogens is 442 g/mol. The predicted molar refractivity (Wildman–Crippen MR) is 125 cm³/mol. The summed E-state index contributed by atoms with van der Waals surface area (Å²) < 4.78 is 22.6. The molecule has 2 aromatic carbocycles. The van der Waals surface area contributed by atoms with Crippen molar-refractivity contribution in [1.82, 2.24) is 15.5 Å². The summed E-state index contributed by atoms with van der Waals surface area (Å²) in [6, 6.07) is 13.1. The van der Waals surface area contributed by atoms with Crippen LogP contribution in [0.25, 0.3) is 11.5 Å². The zero-order valence-electron chi connectivity index (χ0n) is 18.9. The van der Waals surface area contributed by atoms with Gasteiger partial charge < -0.3 is 23.9 Å². The van der Waals surface area contributed by atoms with Crippen LogP contribution in [0.5, 0.6) is 17.2 Å². The molecule has 0 radical (unpaired) electrons. The molecule has 174 valence electrons. The molecule has 0 saturated heterocycles. The van der Waals surface area contributed by atoms with Crippen molar-refractivity contribution in [2.75, 3.05) is 26.1 Å². The third-order valence-corrected chi connectivity index (χ3v) is 6.00. The van der Waals surface area contributed by atoms with Crippen LogP contribution in [-0.2, 0) is 4.79 Å². The number of methoxy groups -OCH3 is 1. The molecule has 1 amide bonds. The number of para-hydroxylation sites is 1. The van der Waals surface area contributed by atoms with E-state index in [0.717, 1.165) is 17.7 Å². The number of hydrogen-bond acceptors (Lipinski definition) is 8. The van der Waals surface area contributed by atoms with Gasteiger partial charge in [-0.25, -0.2) is 0 Å². The Kier molecular flexibility index (Phi) is 7.39. The van der Waals surface area contributed by atoms with Gasteiger partial charge in [0.15, 0.2) is 11.5 Å². The second-order valence-corrected chi connectivity index (χ2v) is 8.83. The Morgan fingerprint density at radius 1 is 1.12 bits per heavy atom. The van der Waals surface area contributed by atoms with Gasteiger partial charge in [-0.2, -0.15) is 0 Å². The van der Waals surface area contributed by atoms with E-state index < -0.39 is 0 Å². The second-order valence-electron chi connectivity index (χ2n) is 7.91. The van der Waals surface area contributed by atoms with Gasteiger partial charge in [0.05, 0.1) is 37.7 Å². The van der Waals surface area contributed by atoms with Crippen LogP contribution in [0.4, 0.5) is 0 Å². The van der Waals surface area contributed by atoms with Gasteiger partial charge in [-0.1, -0.05) is 43.8 Å². The molecule has 9 heteroatoms. The molecule has 2 heterocycles. The summed E-state index contributed by atoms with van der Waals surface area (Å²) in [6.07, 6.45) is 0.847. The molecule has 0 unspecified atom stereocenters. The SMILES string of the molecule is COc1ccccc1-c1nnc(SCC(=O)N[C@H](c2ccc3c(c2)OCCCO3)C(C)C)o1. The van der Waals surface area contributed by atoms with E-state index in [0.29, 0.717) is 41.4 Å². The highest BCUT2D eigenvalue weighted by molar-refractivity contribution is 7.99. The summed E-state index contributed by atoms with van der Waals surface area (Å²) in [4.78, 5) is 12.7. The number of nitrogens with one attached hydrogen (secondary N) is 1. The number of aromatic nitrogens is 2. The number of nitrogens with zero attached hydrogens (tertiary/aromatic N) is 2. The van der Waals surface area contributed by atoms with E-state index in [9.17, 15) is 4.79 Å². The number of thioether (sulfide) groups is 1. The molecule has 0 bridgehead atoms. The summed E-state index contributed by atoms with van der Waals surface area (Å²) >= 11 is 1.19. The largest absolute Gasteiger partial charge is 0.496 e. The molecule has 1 aliphatic heterocycles. The maximum absolute atomic E-state index is 12.7. The number of hydrogen-bond donors (Lipinski definition) is 1. The number of amides is 1. The minimum Gasteiger partial charge on any atom is -0.496 e. The van der Waals surface area contributed by atoms with E-state index in [1.54, 1.807) is 7.11 Å². The van der Waals surface area contributed by atoms with Crippen molar-refractivity contribution in [1.29, 1.82) is 0 Å². The molecule has 1 N–H and O–H groups in total. The van der Waals surface area contributed by atoms with Crippen molar-refractivity contribution in [3.05, 3.63) is 48.0 Å². The number of carbonyl (C=O) groups is 1. The monoisotopic (exact) mass is 469 g/mol. The van der Waals surface area contributed by atoms with Crippen molar-refractivity contribution in [3.63, 3.8) is 0 Å². The summed E-state index contributed by atoms with van der Waals surface area (Å²) in [5.41, 5.74) is 1.68. The third kappa shape index (κ3) is 5.60. The molecule has 8 nitrogen and oxygen atoms in total. The van der Waals surface area contributed by atoms with Gasteiger partial charge in [0, 0.05) is 6.42 Å². The lowest BCUT2D eigenvalue weighted by molar-refractivity contribution is -0.119. The zero-order chi connectivity index (χ0) is 23.2. The first-order chi connectivity index (χ1) is 16.0. The second kappa shape index (κ2) is 10.6. The molecule has 0 saturated carbocycles. The Hall–Kier alpha value is -3.20. The lowest BCUT2D eigenvalue weighted by Gasteiger charge is -2.23. The van der Waals surface area contributed by atoms with Crippen molar-refractivity contribution >= 4 is 17.7 Å². The van der Waals surface area contributed by atoms with E-state index in [1.165, 1.54) is 11.8 Å². The van der Waals surface area contributed by atoms with Gasteiger partial charge in [-0.3, -0.25) is 4.79 Å². The minimum atomic E-state index is -0.165. The Labute approximate surface area is 197 Å². The third-order valence-electron chi connectivity index (χ3n) is 5.18. The molecule has 0 aliphatic carbocycles. The lowest BCUT2D eigenvalue weighted by Crippen LogP contribution is -2.33. The van der Waals surface area contributed by atoms with Crippen LogP contribution in [0.2, 0.25) is 0 Å². The molecule has 1 aliphatic rings. The Morgan fingerprint density at radius 2 is 1.91 bits per heavy atom. The number of ether oxygens (including phenoxy) is 3. The van der Waals surface area contributed by atoms with Crippen LogP contribution >= 0.6 is 11.8 Å². The van der Waals surface area contributed by atoms with Crippen LogP contribution in [0.3, 0.4) is 0 Å². The first-order valence-corrected chi connectivity index (χ1v) is 11.8. The average Bonchev–Trinajstić information content (AvgIpc) is 3.18. The summed E-state index contributed by atoms with van der Waals surface area (Å²) in [5.74, 6) is 2.67. The highest BCUT2D eigenvalue weighted by atomic mass is 32.2. The van der Waals surface area contributed by atoms with E-state index in [4.69, 9.17) is 18.6 Å². The fraction of sp³-hybridized carbons (Fsp3) is 0.375. The smallest absolute Gasteiger partial charge is 0.277 e. The molecule has 0 fully saturated rings. The van der Waals surface area contributed by atoms with Gasteiger partial charge in [0.2, 0.25) is 5.91 Å². The Bertz CT molecular complexity index is 1100. The highest BCUT2D eigenvalue weighted by Gasteiger charge is 2.22. The topological polar surface area (TPSA) is 95.7 Å². The summed E-state index contributed by atoms with van der Waals surface area (Å²) in [7, 11) is 1.59. The maximum atomic E-state index is 12.7. The van der Waals surface area contributed by atoms with Gasteiger partial charge in [-0.05, 0) is 35.7 Å². The molecule has 3 aromatic rings. The first kappa shape index (κ1) is 23.0. The fourth-order valence-electron chi connectivity index (χ4n) is 3.55. The van der Waals surface area contributed by atoms with Crippen molar-refractivity contribution in [2.45, 2.75) is 31.5 Å². The zero-order valence-corrected chi connectivity index (χ0v) is 19.7. The maximum Gasteiger partial charge on any atom is 0.277 e. The van der Waals surface area contributed by atoms with Crippen LogP contribution in [0.1, 0.15) is 31.9 Å². The van der Waals surface area contributed by atoms with Crippen molar-refractivity contribution in [3.8, 4) is 28.7 Å².